The summed E-state index contributed by atoms with van der Waals surface area (Å²) in [5.74, 6) is 0.856. The minimum absolute atomic E-state index is 0.0105. The number of ketones is 1. The highest BCUT2D eigenvalue weighted by molar-refractivity contribution is 14.1. The molecule has 0 aliphatic heterocycles. The van der Waals surface area contributed by atoms with Crippen molar-refractivity contribution in [1.82, 2.24) is 20.1 Å². The third-order valence-corrected chi connectivity index (χ3v) is 5.91. The molecule has 3 aromatic rings. The summed E-state index contributed by atoms with van der Waals surface area (Å²) < 4.78 is 3.05. The number of thioether (sulfide) groups is 1. The fraction of sp³-hybridized carbons (Fsp3) is 0.200. The van der Waals surface area contributed by atoms with E-state index >= 15 is 0 Å². The Morgan fingerprint density at radius 2 is 1.79 bits per heavy atom. The van der Waals surface area contributed by atoms with E-state index in [1.54, 1.807) is 24.3 Å². The molecule has 29 heavy (non-hydrogen) atoms. The van der Waals surface area contributed by atoms with Crippen molar-refractivity contribution in [3.8, 4) is 5.69 Å². The van der Waals surface area contributed by atoms with Crippen molar-refractivity contribution >= 4 is 57.6 Å². The lowest BCUT2D eigenvalue weighted by molar-refractivity contribution is -0.118. The zero-order valence-electron chi connectivity index (χ0n) is 15.6. The van der Waals surface area contributed by atoms with Gasteiger partial charge in [-0.25, -0.2) is 0 Å². The van der Waals surface area contributed by atoms with E-state index in [4.69, 9.17) is 11.6 Å². The molecule has 0 aliphatic rings. The van der Waals surface area contributed by atoms with E-state index in [0.29, 0.717) is 28.7 Å². The molecule has 9 heteroatoms. The van der Waals surface area contributed by atoms with E-state index in [1.807, 2.05) is 28.8 Å². The maximum absolute atomic E-state index is 12.5. The summed E-state index contributed by atoms with van der Waals surface area (Å²) >= 11 is 9.47. The first-order valence-corrected chi connectivity index (χ1v) is 11.2. The lowest BCUT2D eigenvalue weighted by atomic mass is 10.1. The van der Waals surface area contributed by atoms with Crippen LogP contribution >= 0.6 is 46.0 Å². The second-order valence-corrected chi connectivity index (χ2v) is 8.79. The molecule has 1 aromatic heterocycles. The van der Waals surface area contributed by atoms with Crippen LogP contribution in [0.1, 0.15) is 23.1 Å². The van der Waals surface area contributed by atoms with Gasteiger partial charge in [-0.15, -0.1) is 10.2 Å². The Balaban J connectivity index is 1.80. The molecule has 2 aromatic carbocycles. The minimum atomic E-state index is -0.0894. The average Bonchev–Trinajstić information content (AvgIpc) is 3.10. The Morgan fingerprint density at radius 3 is 2.45 bits per heavy atom. The molecule has 0 saturated carbocycles. The van der Waals surface area contributed by atoms with Crippen LogP contribution in [0.5, 0.6) is 0 Å². The molecule has 0 atom stereocenters. The molecule has 0 aliphatic carbocycles. The number of rotatable bonds is 8. The number of amides is 1. The molecule has 0 saturated heterocycles. The van der Waals surface area contributed by atoms with Gasteiger partial charge in [-0.3, -0.25) is 14.2 Å². The fourth-order valence-corrected chi connectivity index (χ4v) is 3.96. The van der Waals surface area contributed by atoms with Gasteiger partial charge in [-0.1, -0.05) is 23.4 Å². The molecule has 1 N–H and O–H groups in total. The number of aromatic nitrogens is 3. The minimum Gasteiger partial charge on any atom is -0.356 e. The first-order chi connectivity index (χ1) is 13.9. The summed E-state index contributed by atoms with van der Waals surface area (Å²) in [6.45, 7) is 1.94. The van der Waals surface area contributed by atoms with Gasteiger partial charge in [0.1, 0.15) is 5.82 Å². The number of nitrogens with one attached hydrogen (secondary N) is 1. The normalized spacial score (nSPS) is 10.7. The van der Waals surface area contributed by atoms with Crippen LogP contribution in [-0.2, 0) is 11.2 Å². The molecule has 0 bridgehead atoms. The smallest absolute Gasteiger partial charge is 0.216 e. The van der Waals surface area contributed by atoms with Gasteiger partial charge in [-0.05, 0) is 71.1 Å². The van der Waals surface area contributed by atoms with Crippen molar-refractivity contribution in [2.45, 2.75) is 18.5 Å². The first kappa shape index (κ1) is 21.8. The van der Waals surface area contributed by atoms with E-state index in [2.05, 4.69) is 38.1 Å². The lowest BCUT2D eigenvalue weighted by Gasteiger charge is -2.10. The summed E-state index contributed by atoms with van der Waals surface area (Å²) in [6.07, 6.45) is 0.532. The molecule has 1 amide bonds. The van der Waals surface area contributed by atoms with Gasteiger partial charge >= 0.3 is 0 Å². The third-order valence-electron chi connectivity index (χ3n) is 4.01. The van der Waals surface area contributed by atoms with Crippen LogP contribution < -0.4 is 5.32 Å². The Bertz CT molecular complexity index is 1010. The van der Waals surface area contributed by atoms with E-state index in [1.165, 1.54) is 18.7 Å². The SMILES string of the molecule is CC(=O)NCCc1nnc(SCC(=O)c2ccc(Cl)cc2)n1-c1ccc(I)cc1. The van der Waals surface area contributed by atoms with Crippen molar-refractivity contribution in [2.75, 3.05) is 12.3 Å². The second-order valence-electron chi connectivity index (χ2n) is 6.16. The Morgan fingerprint density at radius 1 is 1.10 bits per heavy atom. The van der Waals surface area contributed by atoms with Crippen LogP contribution in [0.4, 0.5) is 0 Å². The first-order valence-electron chi connectivity index (χ1n) is 8.80. The molecular formula is C20H18ClIN4O2S. The van der Waals surface area contributed by atoms with Crippen molar-refractivity contribution in [1.29, 1.82) is 0 Å². The fourth-order valence-electron chi connectivity index (χ4n) is 2.60. The standard InChI is InChI=1S/C20H18ClIN4O2S/c1-13(27)23-11-10-19-24-25-20(26(19)17-8-6-16(22)7-9-17)29-12-18(28)14-2-4-15(21)5-3-14/h2-9H,10-12H2,1H3,(H,23,27). The maximum Gasteiger partial charge on any atom is 0.216 e. The summed E-state index contributed by atoms with van der Waals surface area (Å²) in [5.41, 5.74) is 1.52. The second kappa shape index (κ2) is 10.2. The van der Waals surface area contributed by atoms with Gasteiger partial charge < -0.3 is 5.32 Å². The van der Waals surface area contributed by atoms with Gasteiger partial charge in [0, 0.05) is 39.7 Å². The Kier molecular flexibility index (Phi) is 7.68. The topological polar surface area (TPSA) is 76.9 Å². The highest BCUT2D eigenvalue weighted by Crippen LogP contribution is 2.24. The van der Waals surface area contributed by atoms with Gasteiger partial charge in [0.2, 0.25) is 5.91 Å². The van der Waals surface area contributed by atoms with Gasteiger partial charge in [-0.2, -0.15) is 0 Å². The van der Waals surface area contributed by atoms with E-state index in [-0.39, 0.29) is 17.4 Å². The van der Waals surface area contributed by atoms with Gasteiger partial charge in [0.25, 0.3) is 0 Å². The summed E-state index contributed by atoms with van der Waals surface area (Å²) in [6, 6.07) is 14.8. The third kappa shape index (κ3) is 6.03. The zero-order chi connectivity index (χ0) is 20.8. The van der Waals surface area contributed by atoms with Gasteiger partial charge in [0.05, 0.1) is 5.75 Å². The van der Waals surface area contributed by atoms with Crippen LogP contribution in [0.2, 0.25) is 5.02 Å². The van der Waals surface area contributed by atoms with Crippen LogP contribution in [0.25, 0.3) is 5.69 Å². The quantitative estimate of drug-likeness (QED) is 0.264. The molecule has 0 unspecified atom stereocenters. The number of hydrogen-bond donors (Lipinski definition) is 1. The van der Waals surface area contributed by atoms with Gasteiger partial charge in [0.15, 0.2) is 10.9 Å². The molecule has 6 nitrogen and oxygen atoms in total. The number of carbonyl (C=O) groups is 2. The molecule has 1 heterocycles. The zero-order valence-corrected chi connectivity index (χ0v) is 19.3. The van der Waals surface area contributed by atoms with Crippen molar-refractivity contribution in [3.05, 3.63) is 68.5 Å². The summed E-state index contributed by atoms with van der Waals surface area (Å²) in [5, 5.41) is 12.6. The molecule has 0 radical (unpaired) electrons. The van der Waals surface area contributed by atoms with Crippen LogP contribution in [0.3, 0.4) is 0 Å². The molecule has 0 spiro atoms. The van der Waals surface area contributed by atoms with Crippen molar-refractivity contribution < 1.29 is 9.59 Å². The number of nitrogens with zero attached hydrogens (tertiary/aromatic N) is 3. The summed E-state index contributed by atoms with van der Waals surface area (Å²) in [4.78, 5) is 23.7. The molecule has 3 rings (SSSR count). The average molecular weight is 541 g/mol. The van der Waals surface area contributed by atoms with Crippen LogP contribution in [0.15, 0.2) is 53.7 Å². The number of hydrogen-bond acceptors (Lipinski definition) is 5. The number of benzene rings is 2. The van der Waals surface area contributed by atoms with Crippen LogP contribution in [-0.4, -0.2) is 38.8 Å². The summed E-state index contributed by atoms with van der Waals surface area (Å²) in [7, 11) is 0. The number of carbonyl (C=O) groups excluding carboxylic acids is 2. The van der Waals surface area contributed by atoms with E-state index in [0.717, 1.165) is 15.1 Å². The molecule has 150 valence electrons. The largest absolute Gasteiger partial charge is 0.356 e. The predicted octanol–water partition coefficient (Wildman–Crippen LogP) is 4.18. The highest BCUT2D eigenvalue weighted by atomic mass is 127. The predicted molar refractivity (Wildman–Crippen MR) is 123 cm³/mol. The monoisotopic (exact) mass is 540 g/mol. The Labute approximate surface area is 191 Å². The lowest BCUT2D eigenvalue weighted by Crippen LogP contribution is -2.23. The maximum atomic E-state index is 12.5. The van der Waals surface area contributed by atoms with E-state index in [9.17, 15) is 9.59 Å². The Hall–Kier alpha value is -1.91. The number of Topliss-reactive ketones (excluding diaryl/α,β-unsaturated/α-hetero) is 1. The number of halogens is 2. The van der Waals surface area contributed by atoms with Crippen molar-refractivity contribution in [2.24, 2.45) is 0 Å². The molecular weight excluding hydrogens is 523 g/mol. The molecule has 0 fully saturated rings. The van der Waals surface area contributed by atoms with Crippen molar-refractivity contribution in [3.63, 3.8) is 0 Å². The highest BCUT2D eigenvalue weighted by Gasteiger charge is 2.16. The van der Waals surface area contributed by atoms with E-state index < -0.39 is 0 Å². The van der Waals surface area contributed by atoms with Crippen LogP contribution in [0, 0.1) is 3.57 Å².